The first-order valence-electron chi connectivity index (χ1n) is 4.74. The third kappa shape index (κ3) is 3.65. The van der Waals surface area contributed by atoms with E-state index in [1.165, 1.54) is 0 Å². The normalized spacial score (nSPS) is 15.8. The van der Waals surface area contributed by atoms with Gasteiger partial charge in [-0.2, -0.15) is 0 Å². The van der Waals surface area contributed by atoms with Gasteiger partial charge in [-0.15, -0.1) is 0 Å². The highest BCUT2D eigenvalue weighted by Crippen LogP contribution is 2.03. The van der Waals surface area contributed by atoms with Crippen molar-refractivity contribution in [3.05, 3.63) is 11.9 Å². The number of aliphatic hydroxyl groups is 1. The topological polar surface area (TPSA) is 44.7 Å². The number of nitrogens with one attached hydrogen (secondary N) is 1. The highest BCUT2D eigenvalue weighted by atomic mass is 16.5. The fraction of sp³-hybridized carbons (Fsp3) is 0.778. The maximum absolute atomic E-state index is 8.81. The van der Waals surface area contributed by atoms with Crippen LogP contribution in [0.2, 0.25) is 0 Å². The number of aliphatic hydroxyl groups excluding tert-OH is 1. The van der Waals surface area contributed by atoms with Gasteiger partial charge in [0.05, 0.1) is 19.0 Å². The first-order chi connectivity index (χ1) is 6.36. The fourth-order valence-electron chi connectivity index (χ4n) is 1.27. The molecule has 0 amide bonds. The summed E-state index contributed by atoms with van der Waals surface area (Å²) in [5.41, 5.74) is 0.899. The van der Waals surface area contributed by atoms with E-state index in [9.17, 15) is 0 Å². The van der Waals surface area contributed by atoms with E-state index in [2.05, 4.69) is 10.2 Å². The van der Waals surface area contributed by atoms with Crippen LogP contribution in [0.25, 0.3) is 0 Å². The Kier molecular flexibility index (Phi) is 4.64. The van der Waals surface area contributed by atoms with E-state index in [0.29, 0.717) is 0 Å². The minimum Gasteiger partial charge on any atom is -0.390 e. The molecule has 0 fully saturated rings. The minimum atomic E-state index is 0.0992. The summed E-state index contributed by atoms with van der Waals surface area (Å²) in [5, 5.41) is 11.9. The monoisotopic (exact) mass is 186 g/mol. The molecule has 0 aromatic rings. The van der Waals surface area contributed by atoms with Gasteiger partial charge in [-0.1, -0.05) is 0 Å². The van der Waals surface area contributed by atoms with Crippen LogP contribution in [-0.2, 0) is 4.74 Å². The van der Waals surface area contributed by atoms with Gasteiger partial charge in [0.1, 0.15) is 0 Å². The van der Waals surface area contributed by atoms with E-state index in [4.69, 9.17) is 9.84 Å². The number of hydrogen-bond acceptors (Lipinski definition) is 4. The van der Waals surface area contributed by atoms with Crippen molar-refractivity contribution in [2.24, 2.45) is 0 Å². The predicted molar refractivity (Wildman–Crippen MR) is 51.0 cm³/mol. The summed E-state index contributed by atoms with van der Waals surface area (Å²) < 4.78 is 5.23. The average molecular weight is 186 g/mol. The molecule has 1 aliphatic rings. The van der Waals surface area contributed by atoms with Crippen LogP contribution in [0.3, 0.4) is 0 Å². The van der Waals surface area contributed by atoms with E-state index < -0.39 is 0 Å². The molecule has 0 spiro atoms. The Morgan fingerprint density at radius 3 is 3.15 bits per heavy atom. The molecule has 0 aliphatic carbocycles. The zero-order valence-electron chi connectivity index (χ0n) is 8.12. The summed E-state index contributed by atoms with van der Waals surface area (Å²) in [6.07, 6.45) is 3.00. The van der Waals surface area contributed by atoms with Crippen molar-refractivity contribution in [2.75, 3.05) is 33.0 Å². The molecule has 1 rings (SSSR count). The van der Waals surface area contributed by atoms with Gasteiger partial charge < -0.3 is 20.1 Å². The summed E-state index contributed by atoms with van der Waals surface area (Å²) in [5.74, 6) is 0. The lowest BCUT2D eigenvalue weighted by molar-refractivity contribution is 0.138. The maximum Gasteiger partial charge on any atom is 0.0870 e. The van der Waals surface area contributed by atoms with Crippen LogP contribution in [-0.4, -0.2) is 43.0 Å². The Morgan fingerprint density at radius 2 is 2.54 bits per heavy atom. The van der Waals surface area contributed by atoms with Crippen LogP contribution in [0.5, 0.6) is 0 Å². The summed E-state index contributed by atoms with van der Waals surface area (Å²) in [4.78, 5) is 2.14. The number of rotatable bonds is 6. The van der Waals surface area contributed by atoms with Crippen molar-refractivity contribution >= 4 is 0 Å². The summed E-state index contributed by atoms with van der Waals surface area (Å²) >= 11 is 0. The van der Waals surface area contributed by atoms with Gasteiger partial charge in [-0.25, -0.2) is 0 Å². The number of ether oxygens (including phenoxy) is 1. The SMILES string of the molecule is CCOCCCN1C=C(CO)NC1. The Bertz CT molecular complexity index is 171. The van der Waals surface area contributed by atoms with Crippen molar-refractivity contribution in [3.63, 3.8) is 0 Å². The molecule has 4 nitrogen and oxygen atoms in total. The first-order valence-corrected chi connectivity index (χ1v) is 4.74. The molecule has 0 saturated carbocycles. The second kappa shape index (κ2) is 5.83. The third-order valence-electron chi connectivity index (χ3n) is 1.96. The average Bonchev–Trinajstić information content (AvgIpc) is 2.60. The number of nitrogens with zero attached hydrogens (tertiary/aromatic N) is 1. The lowest BCUT2D eigenvalue weighted by Gasteiger charge is -2.13. The lowest BCUT2D eigenvalue weighted by Crippen LogP contribution is -2.23. The Hall–Kier alpha value is -0.740. The van der Waals surface area contributed by atoms with Crippen LogP contribution in [0.4, 0.5) is 0 Å². The van der Waals surface area contributed by atoms with Crippen molar-refractivity contribution in [1.82, 2.24) is 10.2 Å². The van der Waals surface area contributed by atoms with Crippen molar-refractivity contribution in [1.29, 1.82) is 0 Å². The highest BCUT2D eigenvalue weighted by molar-refractivity contribution is 5.04. The van der Waals surface area contributed by atoms with Crippen LogP contribution < -0.4 is 5.32 Å². The number of hydrogen-bond donors (Lipinski definition) is 2. The standard InChI is InChI=1S/C9H18N2O2/c1-2-13-5-3-4-11-6-9(7-12)10-8-11/h6,10,12H,2-5,7-8H2,1H3. The fourth-order valence-corrected chi connectivity index (χ4v) is 1.27. The van der Waals surface area contributed by atoms with Crippen LogP contribution in [0, 0.1) is 0 Å². The molecule has 0 bridgehead atoms. The Morgan fingerprint density at radius 1 is 1.69 bits per heavy atom. The zero-order valence-corrected chi connectivity index (χ0v) is 8.12. The second-order valence-corrected chi connectivity index (χ2v) is 3.01. The molecule has 0 atom stereocenters. The zero-order chi connectivity index (χ0) is 9.52. The molecule has 0 radical (unpaired) electrons. The summed E-state index contributed by atoms with van der Waals surface area (Å²) in [6.45, 7) is 5.49. The highest BCUT2D eigenvalue weighted by Gasteiger charge is 2.08. The second-order valence-electron chi connectivity index (χ2n) is 3.01. The molecular formula is C9H18N2O2. The van der Waals surface area contributed by atoms with Crippen molar-refractivity contribution in [3.8, 4) is 0 Å². The maximum atomic E-state index is 8.81. The van der Waals surface area contributed by atoms with Crippen LogP contribution in [0.1, 0.15) is 13.3 Å². The van der Waals surface area contributed by atoms with Gasteiger partial charge in [0.15, 0.2) is 0 Å². The van der Waals surface area contributed by atoms with Crippen molar-refractivity contribution < 1.29 is 9.84 Å². The molecular weight excluding hydrogens is 168 g/mol. The van der Waals surface area contributed by atoms with E-state index in [1.54, 1.807) is 0 Å². The molecule has 0 aromatic carbocycles. The van der Waals surface area contributed by atoms with E-state index in [1.807, 2.05) is 13.1 Å². The Labute approximate surface area is 79.2 Å². The largest absolute Gasteiger partial charge is 0.390 e. The molecule has 0 saturated heterocycles. The van der Waals surface area contributed by atoms with Gasteiger partial charge in [0, 0.05) is 26.0 Å². The summed E-state index contributed by atoms with van der Waals surface area (Å²) in [6, 6.07) is 0. The van der Waals surface area contributed by atoms with Crippen molar-refractivity contribution in [2.45, 2.75) is 13.3 Å². The predicted octanol–water partition coefficient (Wildman–Crippen LogP) is 0.109. The first kappa shape index (κ1) is 10.3. The molecule has 76 valence electrons. The quantitative estimate of drug-likeness (QED) is 0.578. The third-order valence-corrected chi connectivity index (χ3v) is 1.96. The van der Waals surface area contributed by atoms with E-state index in [-0.39, 0.29) is 6.61 Å². The van der Waals surface area contributed by atoms with E-state index in [0.717, 1.165) is 38.5 Å². The molecule has 2 N–H and O–H groups in total. The van der Waals surface area contributed by atoms with Crippen LogP contribution in [0.15, 0.2) is 11.9 Å². The Balaban J connectivity index is 2.06. The summed E-state index contributed by atoms with van der Waals surface area (Å²) in [7, 11) is 0. The van der Waals surface area contributed by atoms with Gasteiger partial charge in [0.2, 0.25) is 0 Å². The molecule has 0 unspecified atom stereocenters. The van der Waals surface area contributed by atoms with Gasteiger partial charge in [-0.05, 0) is 13.3 Å². The lowest BCUT2D eigenvalue weighted by atomic mass is 10.4. The molecule has 0 aromatic heterocycles. The van der Waals surface area contributed by atoms with Gasteiger partial charge >= 0.3 is 0 Å². The van der Waals surface area contributed by atoms with Gasteiger partial charge in [-0.3, -0.25) is 0 Å². The van der Waals surface area contributed by atoms with Gasteiger partial charge in [0.25, 0.3) is 0 Å². The molecule has 1 aliphatic heterocycles. The molecule has 13 heavy (non-hydrogen) atoms. The van der Waals surface area contributed by atoms with Crippen LogP contribution >= 0.6 is 0 Å². The molecule has 4 heteroatoms. The van der Waals surface area contributed by atoms with E-state index >= 15 is 0 Å². The smallest absolute Gasteiger partial charge is 0.0870 e. The molecule has 1 heterocycles. The minimum absolute atomic E-state index is 0.0992.